The van der Waals surface area contributed by atoms with Gasteiger partial charge in [0.15, 0.2) is 0 Å². The molecule has 2 nitrogen and oxygen atoms in total. The number of benzene rings is 1. The van der Waals surface area contributed by atoms with E-state index in [4.69, 9.17) is 4.74 Å². The molecule has 98 valence electrons. The van der Waals surface area contributed by atoms with Gasteiger partial charge in [-0.2, -0.15) is 0 Å². The second kappa shape index (κ2) is 4.93. The topological polar surface area (TPSA) is 21.3 Å². The molecule has 1 N–H and O–H groups in total. The zero-order valence-corrected chi connectivity index (χ0v) is 11.4. The molecule has 1 aromatic rings. The molecular formula is C16H23NO. The summed E-state index contributed by atoms with van der Waals surface area (Å²) in [4.78, 5) is 0. The van der Waals surface area contributed by atoms with Gasteiger partial charge in [0.05, 0.1) is 7.11 Å². The van der Waals surface area contributed by atoms with Crippen molar-refractivity contribution in [1.29, 1.82) is 0 Å². The van der Waals surface area contributed by atoms with Crippen molar-refractivity contribution in [2.75, 3.05) is 7.11 Å². The molecule has 2 aliphatic rings. The minimum absolute atomic E-state index is 0.421. The Morgan fingerprint density at radius 1 is 1.28 bits per heavy atom. The molecule has 3 rings (SSSR count). The first-order valence-corrected chi connectivity index (χ1v) is 7.16. The number of methoxy groups -OCH3 is 1. The van der Waals surface area contributed by atoms with Crippen LogP contribution in [0.1, 0.15) is 44.2 Å². The average molecular weight is 245 g/mol. The first-order chi connectivity index (χ1) is 8.76. The molecule has 0 saturated heterocycles. The monoisotopic (exact) mass is 245 g/mol. The van der Waals surface area contributed by atoms with Crippen molar-refractivity contribution in [3.05, 3.63) is 29.8 Å². The Balaban J connectivity index is 1.65. The molecule has 0 heterocycles. The first-order valence-electron chi connectivity index (χ1n) is 7.16. The Hall–Kier alpha value is -1.02. The Labute approximate surface area is 110 Å². The van der Waals surface area contributed by atoms with Crippen molar-refractivity contribution in [1.82, 2.24) is 5.32 Å². The van der Waals surface area contributed by atoms with Gasteiger partial charge in [0.1, 0.15) is 5.75 Å². The van der Waals surface area contributed by atoms with E-state index in [0.29, 0.717) is 6.04 Å². The van der Waals surface area contributed by atoms with E-state index in [1.807, 2.05) is 6.07 Å². The van der Waals surface area contributed by atoms with Gasteiger partial charge >= 0.3 is 0 Å². The molecule has 2 heteroatoms. The molecule has 2 aliphatic carbocycles. The molecule has 0 radical (unpaired) electrons. The van der Waals surface area contributed by atoms with E-state index in [1.54, 1.807) is 7.11 Å². The summed E-state index contributed by atoms with van der Waals surface area (Å²) in [5.41, 5.74) is 1.33. The highest BCUT2D eigenvalue weighted by atomic mass is 16.5. The lowest BCUT2D eigenvalue weighted by molar-refractivity contribution is 0.326. The van der Waals surface area contributed by atoms with E-state index in [9.17, 15) is 0 Å². The van der Waals surface area contributed by atoms with E-state index in [0.717, 1.165) is 23.6 Å². The van der Waals surface area contributed by atoms with Crippen LogP contribution in [0.5, 0.6) is 5.75 Å². The molecular weight excluding hydrogens is 222 g/mol. The van der Waals surface area contributed by atoms with Crippen LogP contribution in [-0.2, 0) is 0 Å². The van der Waals surface area contributed by atoms with Crippen LogP contribution in [-0.4, -0.2) is 13.2 Å². The van der Waals surface area contributed by atoms with Gasteiger partial charge in [0, 0.05) is 12.1 Å². The van der Waals surface area contributed by atoms with Gasteiger partial charge in [0.2, 0.25) is 0 Å². The third-order valence-corrected chi connectivity index (χ3v) is 4.80. The van der Waals surface area contributed by atoms with E-state index >= 15 is 0 Å². The molecule has 1 aromatic carbocycles. The maximum Gasteiger partial charge on any atom is 0.119 e. The number of hydrogen-bond donors (Lipinski definition) is 1. The number of nitrogens with one attached hydrogen (secondary N) is 1. The summed E-state index contributed by atoms with van der Waals surface area (Å²) in [6.07, 6.45) is 5.75. The van der Waals surface area contributed by atoms with Gasteiger partial charge in [-0.3, -0.25) is 0 Å². The zero-order chi connectivity index (χ0) is 12.5. The standard InChI is InChI=1S/C16H23NO/c1-11(13-4-3-5-15(10-13)18-2)17-16-9-12-6-7-14(16)8-12/h3-5,10-12,14,16-17H,6-9H2,1-2H3/t11-,12?,14?,16?/m1/s1. The fourth-order valence-corrected chi connectivity index (χ4v) is 3.78. The van der Waals surface area contributed by atoms with E-state index in [2.05, 4.69) is 30.4 Å². The number of hydrogen-bond acceptors (Lipinski definition) is 2. The van der Waals surface area contributed by atoms with Crippen molar-refractivity contribution in [2.45, 2.75) is 44.7 Å². The quantitative estimate of drug-likeness (QED) is 0.876. The van der Waals surface area contributed by atoms with Gasteiger partial charge in [-0.25, -0.2) is 0 Å². The molecule has 4 atom stereocenters. The molecule has 2 fully saturated rings. The fourth-order valence-electron chi connectivity index (χ4n) is 3.78. The Kier molecular flexibility index (Phi) is 3.29. The maximum absolute atomic E-state index is 5.30. The molecule has 18 heavy (non-hydrogen) atoms. The minimum atomic E-state index is 0.421. The van der Waals surface area contributed by atoms with Crippen LogP contribution < -0.4 is 10.1 Å². The summed E-state index contributed by atoms with van der Waals surface area (Å²) < 4.78 is 5.30. The van der Waals surface area contributed by atoms with Gasteiger partial charge < -0.3 is 10.1 Å². The number of rotatable bonds is 4. The molecule has 0 amide bonds. The minimum Gasteiger partial charge on any atom is -0.497 e. The smallest absolute Gasteiger partial charge is 0.119 e. The van der Waals surface area contributed by atoms with Crippen molar-refractivity contribution in [3.63, 3.8) is 0 Å². The second-order valence-corrected chi connectivity index (χ2v) is 5.95. The predicted molar refractivity (Wildman–Crippen MR) is 73.8 cm³/mol. The summed E-state index contributed by atoms with van der Waals surface area (Å²) in [6.45, 7) is 2.26. The lowest BCUT2D eigenvalue weighted by Gasteiger charge is -2.27. The second-order valence-electron chi connectivity index (χ2n) is 5.95. The SMILES string of the molecule is COc1cccc([C@@H](C)NC2CC3CCC2C3)c1. The third-order valence-electron chi connectivity index (χ3n) is 4.80. The molecule has 2 bridgehead atoms. The summed E-state index contributed by atoms with van der Waals surface area (Å²) >= 11 is 0. The lowest BCUT2D eigenvalue weighted by atomic mass is 9.94. The molecule has 0 aliphatic heterocycles. The Morgan fingerprint density at radius 2 is 2.17 bits per heavy atom. The zero-order valence-electron chi connectivity index (χ0n) is 11.4. The van der Waals surface area contributed by atoms with Gasteiger partial charge in [-0.1, -0.05) is 18.6 Å². The molecule has 2 saturated carbocycles. The molecule has 0 aromatic heterocycles. The number of ether oxygens (including phenoxy) is 1. The van der Waals surface area contributed by atoms with Crippen LogP contribution >= 0.6 is 0 Å². The lowest BCUT2D eigenvalue weighted by Crippen LogP contribution is -2.35. The largest absolute Gasteiger partial charge is 0.497 e. The van der Waals surface area contributed by atoms with Crippen LogP contribution in [0.3, 0.4) is 0 Å². The fraction of sp³-hybridized carbons (Fsp3) is 0.625. The van der Waals surface area contributed by atoms with Crippen molar-refractivity contribution in [2.24, 2.45) is 11.8 Å². The van der Waals surface area contributed by atoms with Crippen LogP contribution in [0.4, 0.5) is 0 Å². The van der Waals surface area contributed by atoms with Crippen molar-refractivity contribution >= 4 is 0 Å². The summed E-state index contributed by atoms with van der Waals surface area (Å²) in [6, 6.07) is 9.58. The predicted octanol–water partition coefficient (Wildman–Crippen LogP) is 3.53. The van der Waals surface area contributed by atoms with Crippen molar-refractivity contribution < 1.29 is 4.74 Å². The first kappa shape index (κ1) is 12.0. The highest BCUT2D eigenvalue weighted by Crippen LogP contribution is 2.45. The van der Waals surface area contributed by atoms with E-state index in [-0.39, 0.29) is 0 Å². The van der Waals surface area contributed by atoms with Gasteiger partial charge in [0.25, 0.3) is 0 Å². The highest BCUT2D eigenvalue weighted by molar-refractivity contribution is 5.30. The van der Waals surface area contributed by atoms with Gasteiger partial charge in [-0.05, 0) is 55.7 Å². The van der Waals surface area contributed by atoms with Crippen LogP contribution in [0.2, 0.25) is 0 Å². The third kappa shape index (κ3) is 2.26. The van der Waals surface area contributed by atoms with E-state index < -0.39 is 0 Å². The Morgan fingerprint density at radius 3 is 2.83 bits per heavy atom. The Bertz CT molecular complexity index is 417. The molecule has 0 spiro atoms. The summed E-state index contributed by atoms with van der Waals surface area (Å²) in [7, 11) is 1.73. The molecule has 3 unspecified atom stereocenters. The number of fused-ring (bicyclic) bond motifs is 2. The average Bonchev–Trinajstić information content (AvgIpc) is 3.01. The van der Waals surface area contributed by atoms with Crippen LogP contribution in [0.25, 0.3) is 0 Å². The van der Waals surface area contributed by atoms with Crippen molar-refractivity contribution in [3.8, 4) is 5.75 Å². The van der Waals surface area contributed by atoms with Gasteiger partial charge in [-0.15, -0.1) is 0 Å². The highest BCUT2D eigenvalue weighted by Gasteiger charge is 2.39. The maximum atomic E-state index is 5.30. The summed E-state index contributed by atoms with van der Waals surface area (Å²) in [5, 5.41) is 3.82. The normalized spacial score (nSPS) is 31.6. The van der Waals surface area contributed by atoms with Crippen LogP contribution in [0.15, 0.2) is 24.3 Å². The summed E-state index contributed by atoms with van der Waals surface area (Å²) in [5.74, 6) is 2.89. The van der Waals surface area contributed by atoms with E-state index in [1.165, 1.54) is 31.2 Å². The van der Waals surface area contributed by atoms with Crippen LogP contribution in [0, 0.1) is 11.8 Å².